The Bertz CT molecular complexity index is 625. The second kappa shape index (κ2) is 4.34. The first kappa shape index (κ1) is 13.5. The largest absolute Gasteiger partial charge is 0.493 e. The van der Waals surface area contributed by atoms with Crippen molar-refractivity contribution in [2.45, 2.75) is 12.7 Å². The van der Waals surface area contributed by atoms with E-state index in [1.165, 1.54) is 18.2 Å². The Hall–Kier alpha value is -1.90. The van der Waals surface area contributed by atoms with E-state index in [-0.39, 0.29) is 5.56 Å². The summed E-state index contributed by atoms with van der Waals surface area (Å²) in [7, 11) is -4.02. The Morgan fingerprint density at radius 1 is 1.26 bits per heavy atom. The minimum Gasteiger partial charge on any atom is -0.493 e. The van der Waals surface area contributed by atoms with E-state index in [1.807, 2.05) is 0 Å². The van der Waals surface area contributed by atoms with E-state index in [1.54, 1.807) is 4.72 Å². The SMILES string of the molecule is O=S1(=O)NC(O)=CN1Cc1ccccc1C(F)(F)F. The molecule has 2 N–H and O–H groups in total. The van der Waals surface area contributed by atoms with Gasteiger partial charge in [0, 0.05) is 0 Å². The number of nitrogens with zero attached hydrogens (tertiary/aromatic N) is 1. The van der Waals surface area contributed by atoms with E-state index in [2.05, 4.69) is 0 Å². The van der Waals surface area contributed by atoms with E-state index in [4.69, 9.17) is 5.11 Å². The molecule has 0 saturated carbocycles. The quantitative estimate of drug-likeness (QED) is 0.872. The fourth-order valence-electron chi connectivity index (χ4n) is 1.66. The van der Waals surface area contributed by atoms with Gasteiger partial charge in [0.15, 0.2) is 0 Å². The Kier molecular flexibility index (Phi) is 3.09. The molecule has 0 saturated heterocycles. The highest BCUT2D eigenvalue weighted by Gasteiger charge is 2.35. The molecule has 104 valence electrons. The summed E-state index contributed by atoms with van der Waals surface area (Å²) in [5.74, 6) is -0.635. The number of benzene rings is 1. The van der Waals surface area contributed by atoms with E-state index in [0.29, 0.717) is 4.31 Å². The van der Waals surface area contributed by atoms with Crippen molar-refractivity contribution in [3.05, 3.63) is 47.5 Å². The van der Waals surface area contributed by atoms with Gasteiger partial charge in [-0.15, -0.1) is 0 Å². The van der Waals surface area contributed by atoms with Gasteiger partial charge in [-0.1, -0.05) is 18.2 Å². The van der Waals surface area contributed by atoms with Crippen LogP contribution in [0.5, 0.6) is 0 Å². The number of nitrogens with one attached hydrogen (secondary N) is 1. The number of aliphatic hydroxyl groups excluding tert-OH is 1. The average molecular weight is 294 g/mol. The van der Waals surface area contributed by atoms with E-state index < -0.39 is 34.4 Å². The van der Waals surface area contributed by atoms with Gasteiger partial charge in [-0.2, -0.15) is 21.6 Å². The lowest BCUT2D eigenvalue weighted by Gasteiger charge is -2.17. The van der Waals surface area contributed by atoms with Crippen molar-refractivity contribution >= 4 is 10.2 Å². The lowest BCUT2D eigenvalue weighted by molar-refractivity contribution is -0.138. The van der Waals surface area contributed by atoms with E-state index in [9.17, 15) is 21.6 Å². The van der Waals surface area contributed by atoms with E-state index in [0.717, 1.165) is 12.3 Å². The zero-order valence-electron chi connectivity index (χ0n) is 9.35. The van der Waals surface area contributed by atoms with Crippen LogP contribution in [0, 0.1) is 0 Å². The van der Waals surface area contributed by atoms with Crippen LogP contribution in [0.2, 0.25) is 0 Å². The highest BCUT2D eigenvalue weighted by molar-refractivity contribution is 7.87. The molecule has 0 unspecified atom stereocenters. The smallest absolute Gasteiger partial charge is 0.416 e. The molecule has 2 rings (SSSR count). The molecule has 1 aromatic carbocycles. The van der Waals surface area contributed by atoms with Crippen LogP contribution in [0.3, 0.4) is 0 Å². The number of hydrogen-bond acceptors (Lipinski definition) is 3. The Morgan fingerprint density at radius 2 is 1.89 bits per heavy atom. The van der Waals surface area contributed by atoms with Gasteiger partial charge in [0.05, 0.1) is 18.3 Å². The summed E-state index contributed by atoms with van der Waals surface area (Å²) in [6.45, 7) is -0.519. The Morgan fingerprint density at radius 3 is 2.42 bits per heavy atom. The molecule has 0 spiro atoms. The normalized spacial score (nSPS) is 18.1. The molecule has 19 heavy (non-hydrogen) atoms. The number of halogens is 3. The molecule has 1 heterocycles. The monoisotopic (exact) mass is 294 g/mol. The summed E-state index contributed by atoms with van der Waals surface area (Å²) in [5.41, 5.74) is -1.11. The maximum atomic E-state index is 12.7. The molecule has 1 aliphatic heterocycles. The average Bonchev–Trinajstić information content (AvgIpc) is 2.51. The lowest BCUT2D eigenvalue weighted by atomic mass is 10.1. The first-order valence-corrected chi connectivity index (χ1v) is 6.49. The third-order valence-electron chi connectivity index (χ3n) is 2.46. The van der Waals surface area contributed by atoms with Crippen molar-refractivity contribution in [2.24, 2.45) is 0 Å². The molecule has 0 bridgehead atoms. The van der Waals surface area contributed by atoms with Gasteiger partial charge in [0.1, 0.15) is 0 Å². The van der Waals surface area contributed by atoms with Crippen LogP contribution in [0.25, 0.3) is 0 Å². The van der Waals surface area contributed by atoms with Gasteiger partial charge >= 0.3 is 16.4 Å². The summed E-state index contributed by atoms with van der Waals surface area (Å²) in [6.07, 6.45) is -3.75. The van der Waals surface area contributed by atoms with Crippen LogP contribution in [0.1, 0.15) is 11.1 Å². The first-order chi connectivity index (χ1) is 8.70. The molecule has 9 heteroatoms. The molecular weight excluding hydrogens is 285 g/mol. The van der Waals surface area contributed by atoms with Gasteiger partial charge in [-0.05, 0) is 11.6 Å². The number of aliphatic hydroxyl groups is 1. The third kappa shape index (κ3) is 2.75. The summed E-state index contributed by atoms with van der Waals surface area (Å²) >= 11 is 0. The molecular formula is C10H9F3N2O3S. The second-order valence-corrected chi connectivity index (χ2v) is 5.44. The molecule has 0 aliphatic carbocycles. The predicted octanol–water partition coefficient (Wildman–Crippen LogP) is 1.71. The van der Waals surface area contributed by atoms with Gasteiger partial charge < -0.3 is 5.11 Å². The lowest BCUT2D eigenvalue weighted by Crippen LogP contribution is -2.30. The van der Waals surface area contributed by atoms with Crippen molar-refractivity contribution in [1.82, 2.24) is 9.03 Å². The van der Waals surface area contributed by atoms with Crippen molar-refractivity contribution < 1.29 is 26.7 Å². The summed E-state index contributed by atoms with van der Waals surface area (Å²) in [6, 6.07) is 4.65. The topological polar surface area (TPSA) is 69.6 Å². The van der Waals surface area contributed by atoms with Gasteiger partial charge in [0.2, 0.25) is 5.88 Å². The van der Waals surface area contributed by atoms with Crippen molar-refractivity contribution in [3.8, 4) is 0 Å². The standard InChI is InChI=1S/C10H9F3N2O3S/c11-10(12,13)8-4-2-1-3-7(8)5-15-6-9(16)14-19(15,17)18/h1-4,6,14,16H,5H2. The van der Waals surface area contributed by atoms with Crippen LogP contribution < -0.4 is 4.72 Å². The van der Waals surface area contributed by atoms with Crippen molar-refractivity contribution in [2.75, 3.05) is 0 Å². The summed E-state index contributed by atoms with van der Waals surface area (Å²) in [4.78, 5) is 0. The molecule has 1 aliphatic rings. The van der Waals surface area contributed by atoms with Gasteiger partial charge in [0.25, 0.3) is 0 Å². The molecule has 0 aromatic heterocycles. The van der Waals surface area contributed by atoms with Crippen LogP contribution >= 0.6 is 0 Å². The van der Waals surface area contributed by atoms with Gasteiger partial charge in [-0.25, -0.2) is 4.72 Å². The second-order valence-electron chi connectivity index (χ2n) is 3.82. The maximum absolute atomic E-state index is 12.7. The maximum Gasteiger partial charge on any atom is 0.416 e. The zero-order chi connectivity index (χ0) is 14.3. The molecule has 1 aromatic rings. The van der Waals surface area contributed by atoms with Crippen LogP contribution in [0.4, 0.5) is 13.2 Å². The molecule has 0 atom stereocenters. The minimum atomic E-state index is -4.57. The Balaban J connectivity index is 2.35. The van der Waals surface area contributed by atoms with E-state index >= 15 is 0 Å². The van der Waals surface area contributed by atoms with Crippen molar-refractivity contribution in [1.29, 1.82) is 0 Å². The third-order valence-corrected chi connectivity index (χ3v) is 3.78. The molecule has 0 amide bonds. The van der Waals surface area contributed by atoms with Crippen LogP contribution in [0.15, 0.2) is 36.3 Å². The van der Waals surface area contributed by atoms with Crippen LogP contribution in [-0.4, -0.2) is 17.8 Å². The fraction of sp³-hybridized carbons (Fsp3) is 0.200. The number of rotatable bonds is 2. The van der Waals surface area contributed by atoms with Crippen molar-refractivity contribution in [3.63, 3.8) is 0 Å². The zero-order valence-corrected chi connectivity index (χ0v) is 10.2. The number of hydrogen-bond donors (Lipinski definition) is 2. The predicted molar refractivity (Wildman–Crippen MR) is 59.8 cm³/mol. The molecule has 0 fully saturated rings. The summed E-state index contributed by atoms with van der Waals surface area (Å²) in [5, 5.41) is 9.05. The number of alkyl halides is 3. The van der Waals surface area contributed by atoms with Crippen LogP contribution in [-0.2, 0) is 22.9 Å². The molecule has 0 radical (unpaired) electrons. The highest BCUT2D eigenvalue weighted by Crippen LogP contribution is 2.33. The van der Waals surface area contributed by atoms with Gasteiger partial charge in [-0.3, -0.25) is 4.31 Å². The Labute approximate surface area is 107 Å². The first-order valence-electron chi connectivity index (χ1n) is 5.05. The highest BCUT2D eigenvalue weighted by atomic mass is 32.2. The summed E-state index contributed by atoms with van der Waals surface area (Å²) < 4.78 is 63.5. The molecule has 5 nitrogen and oxygen atoms in total. The minimum absolute atomic E-state index is 0.202. The fourth-order valence-corrected chi connectivity index (χ4v) is 2.64.